The molecule has 1 saturated carbocycles. The Labute approximate surface area is 95.7 Å². The van der Waals surface area contributed by atoms with Gasteiger partial charge < -0.3 is 15.8 Å². The minimum Gasteiger partial charge on any atom is -0.464 e. The van der Waals surface area contributed by atoms with Crippen LogP contribution in [0.25, 0.3) is 0 Å². The maximum absolute atomic E-state index is 11.5. The topological polar surface area (TPSA) is 81.4 Å². The van der Waals surface area contributed by atoms with Gasteiger partial charge >= 0.3 is 5.97 Å². The summed E-state index contributed by atoms with van der Waals surface area (Å²) in [6.07, 6.45) is 2.51. The third-order valence-electron chi connectivity index (χ3n) is 2.67. The Hall–Kier alpha value is -1.10. The van der Waals surface area contributed by atoms with E-state index in [0.717, 1.165) is 12.8 Å². The van der Waals surface area contributed by atoms with Crippen molar-refractivity contribution in [2.75, 3.05) is 6.61 Å². The summed E-state index contributed by atoms with van der Waals surface area (Å²) in [5.41, 5.74) is 5.81. The molecule has 92 valence electrons. The molecule has 2 atom stereocenters. The first-order valence-electron chi connectivity index (χ1n) is 5.76. The summed E-state index contributed by atoms with van der Waals surface area (Å²) < 4.78 is 4.78. The Bertz CT molecular complexity index is 264. The van der Waals surface area contributed by atoms with E-state index in [1.54, 1.807) is 13.8 Å². The second-order valence-corrected chi connectivity index (χ2v) is 4.25. The van der Waals surface area contributed by atoms with Gasteiger partial charge in [0, 0.05) is 12.5 Å². The van der Waals surface area contributed by atoms with Crippen LogP contribution in [0.3, 0.4) is 0 Å². The van der Waals surface area contributed by atoms with E-state index < -0.39 is 12.0 Å². The number of hydrogen-bond acceptors (Lipinski definition) is 4. The minimum absolute atomic E-state index is 0.0746. The summed E-state index contributed by atoms with van der Waals surface area (Å²) in [5, 5.41) is 2.58. The van der Waals surface area contributed by atoms with E-state index in [1.807, 2.05) is 0 Å². The first kappa shape index (κ1) is 13.0. The van der Waals surface area contributed by atoms with Crippen molar-refractivity contribution in [3.8, 4) is 0 Å². The van der Waals surface area contributed by atoms with Crippen molar-refractivity contribution in [3.05, 3.63) is 0 Å². The van der Waals surface area contributed by atoms with Crippen LogP contribution in [-0.4, -0.2) is 30.6 Å². The van der Waals surface area contributed by atoms with E-state index in [2.05, 4.69) is 5.32 Å². The number of ether oxygens (including phenoxy) is 1. The predicted molar refractivity (Wildman–Crippen MR) is 59.6 cm³/mol. The van der Waals surface area contributed by atoms with Crippen LogP contribution in [0.5, 0.6) is 0 Å². The summed E-state index contributed by atoms with van der Waals surface area (Å²) in [6.45, 7) is 3.66. The Morgan fingerprint density at radius 2 is 2.12 bits per heavy atom. The molecule has 5 nitrogen and oxygen atoms in total. The van der Waals surface area contributed by atoms with Crippen molar-refractivity contribution in [1.29, 1.82) is 0 Å². The molecule has 0 bridgehead atoms. The van der Waals surface area contributed by atoms with Gasteiger partial charge in [-0.2, -0.15) is 0 Å². The highest BCUT2D eigenvalue weighted by molar-refractivity contribution is 5.84. The molecule has 0 saturated heterocycles. The van der Waals surface area contributed by atoms with Crippen LogP contribution < -0.4 is 11.1 Å². The zero-order valence-corrected chi connectivity index (χ0v) is 9.86. The van der Waals surface area contributed by atoms with Gasteiger partial charge in [-0.25, -0.2) is 4.79 Å². The molecule has 1 aliphatic rings. The van der Waals surface area contributed by atoms with Gasteiger partial charge in [-0.3, -0.25) is 4.79 Å². The maximum atomic E-state index is 11.5. The molecular formula is C11H20N2O3. The number of rotatable bonds is 6. The van der Waals surface area contributed by atoms with Crippen LogP contribution in [0.15, 0.2) is 0 Å². The number of carbonyl (C=O) groups excluding carboxylic acids is 2. The molecule has 0 heterocycles. The number of carbonyl (C=O) groups is 2. The van der Waals surface area contributed by atoms with Gasteiger partial charge in [-0.1, -0.05) is 0 Å². The molecule has 3 N–H and O–H groups in total. The summed E-state index contributed by atoms with van der Waals surface area (Å²) >= 11 is 0. The second kappa shape index (κ2) is 5.84. The first-order valence-corrected chi connectivity index (χ1v) is 5.76. The van der Waals surface area contributed by atoms with E-state index in [9.17, 15) is 9.59 Å². The summed E-state index contributed by atoms with van der Waals surface area (Å²) in [7, 11) is 0. The Morgan fingerprint density at radius 1 is 1.50 bits per heavy atom. The first-order chi connectivity index (χ1) is 7.54. The molecule has 1 rings (SSSR count). The van der Waals surface area contributed by atoms with E-state index in [0.29, 0.717) is 12.5 Å². The molecule has 2 unspecified atom stereocenters. The van der Waals surface area contributed by atoms with E-state index in [4.69, 9.17) is 10.5 Å². The summed E-state index contributed by atoms with van der Waals surface area (Å²) in [5.74, 6) is -0.0977. The molecule has 1 amide bonds. The van der Waals surface area contributed by atoms with Crippen molar-refractivity contribution < 1.29 is 14.3 Å². The van der Waals surface area contributed by atoms with E-state index >= 15 is 0 Å². The van der Waals surface area contributed by atoms with Crippen LogP contribution >= 0.6 is 0 Å². The van der Waals surface area contributed by atoms with Gasteiger partial charge in [0.25, 0.3) is 0 Å². The lowest BCUT2D eigenvalue weighted by Gasteiger charge is -2.14. The average Bonchev–Trinajstić information content (AvgIpc) is 3.00. The standard InChI is InChI=1S/C11H20N2O3/c1-3-16-11(15)7(2)13-10(14)6-9(12)8-4-5-8/h7-9H,3-6,12H2,1-2H3,(H,13,14). The van der Waals surface area contributed by atoms with E-state index in [1.165, 1.54) is 0 Å². The number of nitrogens with one attached hydrogen (secondary N) is 1. The maximum Gasteiger partial charge on any atom is 0.328 e. The zero-order chi connectivity index (χ0) is 12.1. The Kier molecular flexibility index (Phi) is 4.73. The molecule has 0 aromatic carbocycles. The number of amides is 1. The third kappa shape index (κ3) is 4.18. The van der Waals surface area contributed by atoms with Gasteiger partial charge in [-0.15, -0.1) is 0 Å². The number of esters is 1. The van der Waals surface area contributed by atoms with Gasteiger partial charge in [0.15, 0.2) is 0 Å². The fourth-order valence-corrected chi connectivity index (χ4v) is 1.53. The molecule has 16 heavy (non-hydrogen) atoms. The lowest BCUT2D eigenvalue weighted by Crippen LogP contribution is -2.42. The summed E-state index contributed by atoms with van der Waals surface area (Å²) in [6, 6.07) is -0.673. The van der Waals surface area contributed by atoms with Crippen LogP contribution in [-0.2, 0) is 14.3 Å². The lowest BCUT2D eigenvalue weighted by molar-refractivity contribution is -0.146. The fraction of sp³-hybridized carbons (Fsp3) is 0.818. The molecule has 0 radical (unpaired) electrons. The molecule has 5 heteroatoms. The van der Waals surface area contributed by atoms with Crippen molar-refractivity contribution in [3.63, 3.8) is 0 Å². The average molecular weight is 228 g/mol. The van der Waals surface area contributed by atoms with Crippen LogP contribution in [0.4, 0.5) is 0 Å². The molecule has 0 aromatic heterocycles. The molecule has 0 aliphatic heterocycles. The fourth-order valence-electron chi connectivity index (χ4n) is 1.53. The molecular weight excluding hydrogens is 208 g/mol. The Balaban J connectivity index is 2.24. The van der Waals surface area contributed by atoms with Gasteiger partial charge in [0.05, 0.1) is 6.61 Å². The second-order valence-electron chi connectivity index (χ2n) is 4.25. The number of nitrogens with two attached hydrogens (primary N) is 1. The van der Waals surface area contributed by atoms with Gasteiger partial charge in [-0.05, 0) is 32.6 Å². The molecule has 1 fully saturated rings. The van der Waals surface area contributed by atoms with E-state index in [-0.39, 0.29) is 18.4 Å². The molecule has 0 aromatic rings. The van der Waals surface area contributed by atoms with Gasteiger partial charge in [0.2, 0.25) is 5.91 Å². The lowest BCUT2D eigenvalue weighted by atomic mass is 10.1. The highest BCUT2D eigenvalue weighted by Crippen LogP contribution is 2.32. The summed E-state index contributed by atoms with van der Waals surface area (Å²) in [4.78, 5) is 22.7. The quantitative estimate of drug-likeness (QED) is 0.635. The normalized spacial score (nSPS) is 18.7. The van der Waals surface area contributed by atoms with Crippen molar-refractivity contribution in [2.24, 2.45) is 11.7 Å². The van der Waals surface area contributed by atoms with Crippen molar-refractivity contribution in [2.45, 2.75) is 45.2 Å². The number of hydrogen-bond donors (Lipinski definition) is 2. The zero-order valence-electron chi connectivity index (χ0n) is 9.86. The molecule has 1 aliphatic carbocycles. The van der Waals surface area contributed by atoms with Gasteiger partial charge in [0.1, 0.15) is 6.04 Å². The van der Waals surface area contributed by atoms with Crippen molar-refractivity contribution >= 4 is 11.9 Å². The largest absolute Gasteiger partial charge is 0.464 e. The van der Waals surface area contributed by atoms with Crippen LogP contribution in [0.2, 0.25) is 0 Å². The SMILES string of the molecule is CCOC(=O)C(C)NC(=O)CC(N)C1CC1. The third-order valence-corrected chi connectivity index (χ3v) is 2.67. The highest BCUT2D eigenvalue weighted by atomic mass is 16.5. The molecule has 0 spiro atoms. The smallest absolute Gasteiger partial charge is 0.328 e. The predicted octanol–water partition coefficient (Wildman–Crippen LogP) is 0.182. The monoisotopic (exact) mass is 228 g/mol. The van der Waals surface area contributed by atoms with Crippen LogP contribution in [0.1, 0.15) is 33.1 Å². The highest BCUT2D eigenvalue weighted by Gasteiger charge is 2.30. The minimum atomic E-state index is -0.598. The Morgan fingerprint density at radius 3 is 2.62 bits per heavy atom. The van der Waals surface area contributed by atoms with Crippen molar-refractivity contribution in [1.82, 2.24) is 5.32 Å². The van der Waals surface area contributed by atoms with Crippen LogP contribution in [0, 0.1) is 5.92 Å².